The van der Waals surface area contributed by atoms with Crippen LogP contribution in [0.5, 0.6) is 0 Å². The molecule has 0 unspecified atom stereocenters. The second-order valence-electron chi connectivity index (χ2n) is 2.37. The van der Waals surface area contributed by atoms with Gasteiger partial charge in [0, 0.05) is 0 Å². The summed E-state index contributed by atoms with van der Waals surface area (Å²) in [4.78, 5) is 10.9. The molecule has 0 saturated carbocycles. The number of rotatable bonds is 3. The predicted octanol–water partition coefficient (Wildman–Crippen LogP) is 2.27. The normalized spacial score (nSPS) is 9.31. The van der Waals surface area contributed by atoms with Crippen LogP contribution in [-0.2, 0) is 11.3 Å². The van der Waals surface area contributed by atoms with Crippen LogP contribution in [0.1, 0.15) is 5.56 Å². The van der Waals surface area contributed by atoms with Crippen molar-refractivity contribution in [1.29, 1.82) is 0 Å². The molecule has 0 aliphatic rings. The third kappa shape index (κ3) is 3.94. The number of ether oxygens (including phenoxy) is 1. The lowest BCUT2D eigenvalue weighted by Crippen LogP contribution is -2.22. The van der Waals surface area contributed by atoms with Crippen molar-refractivity contribution in [2.75, 3.05) is 5.45 Å². The van der Waals surface area contributed by atoms with Gasteiger partial charge in [-0.1, -0.05) is 46.3 Å². The van der Waals surface area contributed by atoms with E-state index in [1.54, 1.807) is 0 Å². The third-order valence-electron chi connectivity index (χ3n) is 1.42. The average Bonchev–Trinajstić information content (AvgIpc) is 2.17. The van der Waals surface area contributed by atoms with E-state index in [-0.39, 0.29) is 0 Å². The van der Waals surface area contributed by atoms with Gasteiger partial charge in [0.2, 0.25) is 0 Å². The van der Waals surface area contributed by atoms with Gasteiger partial charge < -0.3 is 10.1 Å². The van der Waals surface area contributed by atoms with Crippen molar-refractivity contribution < 1.29 is 9.53 Å². The number of carbonyl (C=O) groups is 1. The zero-order chi connectivity index (χ0) is 9.52. The lowest BCUT2D eigenvalue weighted by atomic mass is 10.2. The number of alkyl carbamates (subject to hydrolysis) is 1. The van der Waals surface area contributed by atoms with Crippen molar-refractivity contribution in [3.63, 3.8) is 0 Å². The molecule has 0 atom stereocenters. The van der Waals surface area contributed by atoms with Crippen LogP contribution in [0.15, 0.2) is 30.3 Å². The molecule has 1 amide bonds. The zero-order valence-corrected chi connectivity index (χ0v) is 8.58. The Balaban J connectivity index is 2.31. The summed E-state index contributed by atoms with van der Waals surface area (Å²) in [5.74, 6) is 0. The van der Waals surface area contributed by atoms with Crippen molar-refractivity contribution in [2.45, 2.75) is 6.61 Å². The molecule has 1 rings (SSSR count). The summed E-state index contributed by atoms with van der Waals surface area (Å²) in [5.41, 5.74) is 1.38. The number of benzene rings is 1. The molecular weight excluding hydrogens is 234 g/mol. The third-order valence-corrected chi connectivity index (χ3v) is 1.70. The lowest BCUT2D eigenvalue weighted by molar-refractivity contribution is 0.141. The van der Waals surface area contributed by atoms with Crippen molar-refractivity contribution in [1.82, 2.24) is 5.32 Å². The van der Waals surface area contributed by atoms with Crippen LogP contribution in [-0.4, -0.2) is 11.5 Å². The summed E-state index contributed by atoms with van der Waals surface area (Å²) in [5, 5.41) is 2.47. The van der Waals surface area contributed by atoms with Crippen LogP contribution in [0.2, 0.25) is 0 Å². The monoisotopic (exact) mass is 243 g/mol. The van der Waals surface area contributed by atoms with Gasteiger partial charge in [-0.3, -0.25) is 0 Å². The molecule has 70 valence electrons. The maximum Gasteiger partial charge on any atom is 0.408 e. The van der Waals surface area contributed by atoms with Gasteiger partial charge in [0.05, 0.1) is 5.45 Å². The number of hydrogen-bond acceptors (Lipinski definition) is 2. The van der Waals surface area contributed by atoms with E-state index in [0.717, 1.165) is 5.56 Å². The van der Waals surface area contributed by atoms with Crippen LogP contribution >= 0.6 is 15.9 Å². The highest BCUT2D eigenvalue weighted by Crippen LogP contribution is 2.00. The van der Waals surface area contributed by atoms with E-state index in [4.69, 9.17) is 4.74 Å². The van der Waals surface area contributed by atoms with Crippen LogP contribution in [0.25, 0.3) is 0 Å². The molecule has 0 aliphatic heterocycles. The maximum absolute atomic E-state index is 10.9. The first kappa shape index (κ1) is 10.1. The van der Waals surface area contributed by atoms with E-state index in [1.807, 2.05) is 30.3 Å². The Morgan fingerprint density at radius 2 is 2.08 bits per heavy atom. The molecule has 1 aromatic carbocycles. The minimum Gasteiger partial charge on any atom is -0.445 e. The van der Waals surface area contributed by atoms with Crippen LogP contribution < -0.4 is 5.32 Å². The molecular formula is C9H10BrNO2. The fraction of sp³-hybridized carbons (Fsp3) is 0.222. The van der Waals surface area contributed by atoms with Gasteiger partial charge in [0.1, 0.15) is 6.61 Å². The Bertz CT molecular complexity index is 264. The molecule has 0 fully saturated rings. The smallest absolute Gasteiger partial charge is 0.408 e. The summed E-state index contributed by atoms with van der Waals surface area (Å²) in [6.45, 7) is 0.305. The maximum atomic E-state index is 10.9. The van der Waals surface area contributed by atoms with E-state index in [1.165, 1.54) is 0 Å². The summed E-state index contributed by atoms with van der Waals surface area (Å²) < 4.78 is 4.89. The van der Waals surface area contributed by atoms with Crippen molar-refractivity contribution in [3.8, 4) is 0 Å². The summed E-state index contributed by atoms with van der Waals surface area (Å²) in [6, 6.07) is 9.53. The second kappa shape index (κ2) is 5.59. The topological polar surface area (TPSA) is 38.3 Å². The van der Waals surface area contributed by atoms with Crippen LogP contribution in [0, 0.1) is 0 Å². The Kier molecular flexibility index (Phi) is 4.32. The van der Waals surface area contributed by atoms with Crippen molar-refractivity contribution >= 4 is 22.0 Å². The largest absolute Gasteiger partial charge is 0.445 e. The highest BCUT2D eigenvalue weighted by molar-refractivity contribution is 9.09. The van der Waals surface area contributed by atoms with E-state index in [0.29, 0.717) is 12.1 Å². The fourth-order valence-corrected chi connectivity index (χ4v) is 1.06. The lowest BCUT2D eigenvalue weighted by Gasteiger charge is -2.03. The standard InChI is InChI=1S/C9H10BrNO2/c10-7-11-9(12)13-6-8-4-2-1-3-5-8/h1-5H,6-7H2,(H,11,12). The number of halogens is 1. The quantitative estimate of drug-likeness (QED) is 0.654. The van der Waals surface area contributed by atoms with Gasteiger partial charge in [-0.05, 0) is 5.56 Å². The van der Waals surface area contributed by atoms with Crippen molar-refractivity contribution in [2.24, 2.45) is 0 Å². The van der Waals surface area contributed by atoms with E-state index in [9.17, 15) is 4.79 Å². The van der Waals surface area contributed by atoms with E-state index in [2.05, 4.69) is 21.2 Å². The molecule has 0 radical (unpaired) electrons. The first-order valence-corrected chi connectivity index (χ1v) is 4.95. The average molecular weight is 244 g/mol. The Morgan fingerprint density at radius 3 is 2.69 bits per heavy atom. The number of hydrogen-bond donors (Lipinski definition) is 1. The summed E-state index contributed by atoms with van der Waals surface area (Å²) in [6.07, 6.45) is -0.416. The fourth-order valence-electron chi connectivity index (χ4n) is 0.829. The van der Waals surface area contributed by atoms with Gasteiger partial charge in [0.15, 0.2) is 0 Å². The minimum atomic E-state index is -0.416. The Morgan fingerprint density at radius 1 is 1.38 bits per heavy atom. The Hall–Kier alpha value is -1.03. The molecule has 4 heteroatoms. The number of nitrogens with one attached hydrogen (secondary N) is 1. The molecule has 0 aromatic heterocycles. The molecule has 1 N–H and O–H groups in total. The summed E-state index contributed by atoms with van der Waals surface area (Å²) >= 11 is 3.06. The second-order valence-corrected chi connectivity index (χ2v) is 2.93. The van der Waals surface area contributed by atoms with E-state index < -0.39 is 6.09 Å². The molecule has 3 nitrogen and oxygen atoms in total. The zero-order valence-electron chi connectivity index (χ0n) is 7.00. The van der Waals surface area contributed by atoms with Crippen LogP contribution in [0.4, 0.5) is 4.79 Å². The van der Waals surface area contributed by atoms with E-state index >= 15 is 0 Å². The number of carbonyl (C=O) groups excluding carboxylic acids is 1. The molecule has 13 heavy (non-hydrogen) atoms. The van der Waals surface area contributed by atoms with Gasteiger partial charge in [-0.25, -0.2) is 4.79 Å². The van der Waals surface area contributed by atoms with Crippen LogP contribution in [0.3, 0.4) is 0 Å². The number of amides is 1. The highest BCUT2D eigenvalue weighted by atomic mass is 79.9. The predicted molar refractivity (Wildman–Crippen MR) is 53.6 cm³/mol. The molecule has 0 heterocycles. The molecule has 0 aliphatic carbocycles. The molecule has 0 bridgehead atoms. The van der Waals surface area contributed by atoms with Gasteiger partial charge in [0.25, 0.3) is 0 Å². The molecule has 0 spiro atoms. The van der Waals surface area contributed by atoms with Crippen molar-refractivity contribution in [3.05, 3.63) is 35.9 Å². The van der Waals surface area contributed by atoms with Gasteiger partial charge >= 0.3 is 6.09 Å². The van der Waals surface area contributed by atoms with Gasteiger partial charge in [-0.2, -0.15) is 0 Å². The SMILES string of the molecule is O=C(NCBr)OCc1ccccc1. The first-order valence-electron chi connectivity index (χ1n) is 3.83. The number of alkyl halides is 1. The minimum absolute atomic E-state index is 0.305. The summed E-state index contributed by atoms with van der Waals surface area (Å²) in [7, 11) is 0. The molecule has 1 aromatic rings. The molecule has 0 saturated heterocycles. The Labute approximate surface area is 85.2 Å². The van der Waals surface area contributed by atoms with Gasteiger partial charge in [-0.15, -0.1) is 0 Å². The highest BCUT2D eigenvalue weighted by Gasteiger charge is 1.99. The first-order chi connectivity index (χ1) is 6.33.